The highest BCUT2D eigenvalue weighted by molar-refractivity contribution is 6.30. The van der Waals surface area contributed by atoms with Gasteiger partial charge in [0.15, 0.2) is 0 Å². The molecule has 2 aromatic rings. The fourth-order valence-electron chi connectivity index (χ4n) is 3.60. The molecule has 3 rings (SSSR count). The molecule has 1 aliphatic heterocycles. The van der Waals surface area contributed by atoms with Gasteiger partial charge in [-0.2, -0.15) is 0 Å². The van der Waals surface area contributed by atoms with Crippen molar-refractivity contribution in [1.82, 2.24) is 10.6 Å². The Morgan fingerprint density at radius 2 is 2.00 bits per heavy atom. The zero-order chi connectivity index (χ0) is 19.2. The highest BCUT2D eigenvalue weighted by atomic mass is 35.5. The van der Waals surface area contributed by atoms with Crippen molar-refractivity contribution in [2.45, 2.75) is 38.8 Å². The Morgan fingerprint density at radius 1 is 1.25 bits per heavy atom. The molecule has 1 fully saturated rings. The second-order valence-electron chi connectivity index (χ2n) is 7.08. The molecule has 0 aromatic heterocycles. The minimum Gasteiger partial charge on any atom is -0.494 e. The molecule has 1 aliphatic rings. The van der Waals surface area contributed by atoms with Crippen molar-refractivity contribution in [2.24, 2.45) is 5.92 Å². The first-order valence-corrected chi connectivity index (χ1v) is 9.96. The Bertz CT molecular complexity index is 767. The molecule has 0 spiro atoms. The van der Waals surface area contributed by atoms with Crippen LogP contribution in [0.25, 0.3) is 0 Å². The van der Waals surface area contributed by atoms with Gasteiger partial charge in [-0.15, -0.1) is 12.4 Å². The largest absolute Gasteiger partial charge is 0.494 e. The fourth-order valence-corrected chi connectivity index (χ4v) is 3.80. The third-order valence-electron chi connectivity index (χ3n) is 4.99. The van der Waals surface area contributed by atoms with Crippen LogP contribution in [0.3, 0.4) is 0 Å². The molecule has 2 aromatic carbocycles. The Morgan fingerprint density at radius 3 is 2.64 bits per heavy atom. The maximum Gasteiger partial charge on any atom is 0.223 e. The summed E-state index contributed by atoms with van der Waals surface area (Å²) in [5, 5.41) is 7.31. The zero-order valence-corrected chi connectivity index (χ0v) is 17.9. The number of ether oxygens (including phenoxy) is 1. The van der Waals surface area contributed by atoms with Gasteiger partial charge in [0.2, 0.25) is 5.91 Å². The number of carbonyl (C=O) groups is 1. The van der Waals surface area contributed by atoms with Crippen molar-refractivity contribution in [3.63, 3.8) is 0 Å². The average Bonchev–Trinajstić information content (AvgIpc) is 2.67. The molecule has 0 bridgehead atoms. The van der Waals surface area contributed by atoms with Crippen LogP contribution in [0.5, 0.6) is 5.75 Å². The van der Waals surface area contributed by atoms with Gasteiger partial charge in [0.1, 0.15) is 5.75 Å². The summed E-state index contributed by atoms with van der Waals surface area (Å²) in [6.07, 6.45) is 1.72. The molecule has 0 radical (unpaired) electrons. The Balaban J connectivity index is 0.00000280. The lowest BCUT2D eigenvalue weighted by Crippen LogP contribution is -2.43. The van der Waals surface area contributed by atoms with E-state index in [0.717, 1.165) is 36.3 Å². The Kier molecular flexibility index (Phi) is 8.61. The summed E-state index contributed by atoms with van der Waals surface area (Å²) in [6.45, 7) is 5.59. The summed E-state index contributed by atoms with van der Waals surface area (Å²) in [6, 6.07) is 15.7. The van der Waals surface area contributed by atoms with E-state index in [1.165, 1.54) is 0 Å². The summed E-state index contributed by atoms with van der Waals surface area (Å²) in [4.78, 5) is 13.0. The number of hydrogen-bond donors (Lipinski definition) is 2. The average molecular weight is 423 g/mol. The molecule has 152 valence electrons. The van der Waals surface area contributed by atoms with Gasteiger partial charge in [0, 0.05) is 17.0 Å². The van der Waals surface area contributed by atoms with Gasteiger partial charge < -0.3 is 15.4 Å². The lowest BCUT2D eigenvalue weighted by atomic mass is 9.91. The molecular formula is C22H28Cl2N2O2. The van der Waals surface area contributed by atoms with Crippen LogP contribution in [0.4, 0.5) is 0 Å². The number of piperidine rings is 1. The van der Waals surface area contributed by atoms with Crippen molar-refractivity contribution in [3.05, 3.63) is 64.7 Å². The first kappa shape index (κ1) is 22.5. The number of nitrogens with one attached hydrogen (secondary N) is 2. The van der Waals surface area contributed by atoms with E-state index < -0.39 is 0 Å². The van der Waals surface area contributed by atoms with Gasteiger partial charge in [-0.3, -0.25) is 4.79 Å². The molecule has 1 amide bonds. The first-order valence-electron chi connectivity index (χ1n) is 9.58. The number of rotatable bonds is 6. The van der Waals surface area contributed by atoms with Crippen LogP contribution in [0.2, 0.25) is 5.02 Å². The van der Waals surface area contributed by atoms with Crippen molar-refractivity contribution in [2.75, 3.05) is 13.2 Å². The predicted octanol–water partition coefficient (Wildman–Crippen LogP) is 4.75. The maximum absolute atomic E-state index is 13.0. The van der Waals surface area contributed by atoms with Crippen LogP contribution in [0.1, 0.15) is 43.9 Å². The summed E-state index contributed by atoms with van der Waals surface area (Å²) >= 11 is 6.21. The molecule has 28 heavy (non-hydrogen) atoms. The van der Waals surface area contributed by atoms with E-state index in [2.05, 4.69) is 17.6 Å². The first-order chi connectivity index (χ1) is 13.1. The summed E-state index contributed by atoms with van der Waals surface area (Å²) < 4.78 is 5.54. The van der Waals surface area contributed by atoms with Crippen LogP contribution in [-0.4, -0.2) is 25.1 Å². The molecule has 0 aliphatic carbocycles. The number of carbonyl (C=O) groups excluding carboxylic acids is 1. The predicted molar refractivity (Wildman–Crippen MR) is 116 cm³/mol. The third-order valence-corrected chi connectivity index (χ3v) is 5.22. The van der Waals surface area contributed by atoms with E-state index in [9.17, 15) is 4.79 Å². The van der Waals surface area contributed by atoms with E-state index >= 15 is 0 Å². The molecule has 4 nitrogen and oxygen atoms in total. The highest BCUT2D eigenvalue weighted by Gasteiger charge is 2.27. The van der Waals surface area contributed by atoms with Crippen LogP contribution in [0, 0.1) is 5.92 Å². The number of halogens is 2. The minimum atomic E-state index is -0.239. The minimum absolute atomic E-state index is 0. The van der Waals surface area contributed by atoms with Crippen LogP contribution in [-0.2, 0) is 4.79 Å². The van der Waals surface area contributed by atoms with Gasteiger partial charge in [0.05, 0.1) is 12.6 Å². The fraction of sp³-hybridized carbons (Fsp3) is 0.409. The molecule has 1 heterocycles. The zero-order valence-electron chi connectivity index (χ0n) is 16.3. The van der Waals surface area contributed by atoms with Gasteiger partial charge in [-0.1, -0.05) is 35.9 Å². The highest BCUT2D eigenvalue weighted by Crippen LogP contribution is 2.27. The normalized spacial score (nSPS) is 20.0. The van der Waals surface area contributed by atoms with E-state index in [4.69, 9.17) is 16.3 Å². The second kappa shape index (κ2) is 10.7. The van der Waals surface area contributed by atoms with Crippen molar-refractivity contribution >= 4 is 29.9 Å². The van der Waals surface area contributed by atoms with Crippen molar-refractivity contribution in [1.29, 1.82) is 0 Å². The SMILES string of the molecule is CCOc1ccc(C(NC(=O)[C@H]2CCN[C@@H](C)C2)c2cccc(Cl)c2)cc1.Cl. The third kappa shape index (κ3) is 5.87. The molecule has 1 saturated heterocycles. The molecular weight excluding hydrogens is 395 g/mol. The maximum atomic E-state index is 13.0. The molecule has 1 unspecified atom stereocenters. The summed E-state index contributed by atoms with van der Waals surface area (Å²) in [5.41, 5.74) is 1.98. The molecule has 0 saturated carbocycles. The van der Waals surface area contributed by atoms with E-state index in [-0.39, 0.29) is 30.3 Å². The molecule has 2 N–H and O–H groups in total. The van der Waals surface area contributed by atoms with Crippen molar-refractivity contribution < 1.29 is 9.53 Å². The van der Waals surface area contributed by atoms with Gasteiger partial charge in [0.25, 0.3) is 0 Å². The number of benzene rings is 2. The summed E-state index contributed by atoms with van der Waals surface area (Å²) in [7, 11) is 0. The number of hydrogen-bond acceptors (Lipinski definition) is 3. The quantitative estimate of drug-likeness (QED) is 0.705. The van der Waals surface area contributed by atoms with Crippen LogP contribution < -0.4 is 15.4 Å². The van der Waals surface area contributed by atoms with Gasteiger partial charge in [-0.25, -0.2) is 0 Å². The topological polar surface area (TPSA) is 50.4 Å². The Labute approximate surface area is 178 Å². The monoisotopic (exact) mass is 422 g/mol. The Hall–Kier alpha value is -1.75. The number of amides is 1. The van der Waals surface area contributed by atoms with E-state index in [0.29, 0.717) is 17.7 Å². The second-order valence-corrected chi connectivity index (χ2v) is 7.51. The van der Waals surface area contributed by atoms with Crippen LogP contribution in [0.15, 0.2) is 48.5 Å². The summed E-state index contributed by atoms with van der Waals surface area (Å²) in [5.74, 6) is 0.956. The van der Waals surface area contributed by atoms with Crippen LogP contribution >= 0.6 is 24.0 Å². The lowest BCUT2D eigenvalue weighted by molar-refractivity contribution is -0.126. The molecule has 6 heteroatoms. The van der Waals surface area contributed by atoms with Gasteiger partial charge >= 0.3 is 0 Å². The van der Waals surface area contributed by atoms with E-state index in [1.807, 2.05) is 55.5 Å². The molecule has 3 atom stereocenters. The lowest BCUT2D eigenvalue weighted by Gasteiger charge is -2.29. The smallest absolute Gasteiger partial charge is 0.223 e. The van der Waals surface area contributed by atoms with E-state index in [1.54, 1.807) is 0 Å². The standard InChI is InChI=1S/C22H27ClN2O2.ClH/c1-3-27-20-9-7-16(8-10-20)21(17-5-4-6-19(23)14-17)25-22(26)18-11-12-24-15(2)13-18;/h4-10,14-15,18,21,24H,3,11-13H2,1-2H3,(H,25,26);1H/t15-,18-,21?;/m0./s1. The van der Waals surface area contributed by atoms with Crippen molar-refractivity contribution in [3.8, 4) is 5.75 Å². The van der Waals surface area contributed by atoms with Gasteiger partial charge in [-0.05, 0) is 68.6 Å².